The first-order chi connectivity index (χ1) is 10.7. The molecule has 22 heavy (non-hydrogen) atoms. The Morgan fingerprint density at radius 2 is 2.05 bits per heavy atom. The Kier molecular flexibility index (Phi) is 6.20. The van der Waals surface area contributed by atoms with Crippen LogP contribution in [0.1, 0.15) is 24.5 Å². The van der Waals surface area contributed by atoms with E-state index < -0.39 is 0 Å². The van der Waals surface area contributed by atoms with Crippen LogP contribution in [0.15, 0.2) is 18.2 Å². The van der Waals surface area contributed by atoms with Gasteiger partial charge in [-0.05, 0) is 18.6 Å². The number of methoxy groups -OCH3 is 1. The second-order valence-electron chi connectivity index (χ2n) is 5.70. The number of nitriles is 1. The summed E-state index contributed by atoms with van der Waals surface area (Å²) in [6, 6.07) is 8.04. The molecule has 0 amide bonds. The second-order valence-corrected chi connectivity index (χ2v) is 5.70. The van der Waals surface area contributed by atoms with E-state index in [1.54, 1.807) is 13.2 Å². The minimum absolute atomic E-state index is 0.236. The van der Waals surface area contributed by atoms with E-state index in [1.807, 2.05) is 12.1 Å². The van der Waals surface area contributed by atoms with Gasteiger partial charge in [-0.1, -0.05) is 13.0 Å². The lowest BCUT2D eigenvalue weighted by Gasteiger charge is -2.38. The van der Waals surface area contributed by atoms with E-state index in [0.29, 0.717) is 5.56 Å². The van der Waals surface area contributed by atoms with E-state index in [1.165, 1.54) is 0 Å². The monoisotopic (exact) mass is 303 g/mol. The van der Waals surface area contributed by atoms with Gasteiger partial charge in [0.1, 0.15) is 5.75 Å². The first-order valence-electron chi connectivity index (χ1n) is 7.86. The van der Waals surface area contributed by atoms with Crippen molar-refractivity contribution in [1.29, 1.82) is 5.26 Å². The van der Waals surface area contributed by atoms with Crippen molar-refractivity contribution in [3.63, 3.8) is 0 Å². The summed E-state index contributed by atoms with van der Waals surface area (Å²) in [6.07, 6.45) is 0.986. The number of hydrogen-bond donors (Lipinski definition) is 1. The van der Waals surface area contributed by atoms with Crippen LogP contribution in [-0.2, 0) is 6.54 Å². The molecule has 1 aromatic carbocycles. The third-order valence-electron chi connectivity index (χ3n) is 4.42. The lowest BCUT2D eigenvalue weighted by atomic mass is 10.1. The van der Waals surface area contributed by atoms with Crippen molar-refractivity contribution in [3.8, 4) is 11.8 Å². The van der Waals surface area contributed by atoms with Gasteiger partial charge in [0.2, 0.25) is 0 Å². The molecule has 120 valence electrons. The van der Waals surface area contributed by atoms with E-state index in [9.17, 15) is 5.11 Å². The SMILES string of the molecule is CCC(CO)N1CCN(Cc2ccc(C#N)cc2OC)CC1. The van der Waals surface area contributed by atoms with Crippen LogP contribution in [0.2, 0.25) is 0 Å². The Hall–Kier alpha value is -1.61. The fourth-order valence-corrected chi connectivity index (χ4v) is 2.98. The summed E-state index contributed by atoms with van der Waals surface area (Å²) in [4.78, 5) is 4.76. The topological polar surface area (TPSA) is 59.7 Å². The molecule has 0 bridgehead atoms. The van der Waals surface area contributed by atoms with Gasteiger partial charge in [-0.3, -0.25) is 9.80 Å². The number of piperazine rings is 1. The summed E-state index contributed by atoms with van der Waals surface area (Å²) in [7, 11) is 1.64. The summed E-state index contributed by atoms with van der Waals surface area (Å²) < 4.78 is 5.40. The number of aliphatic hydroxyl groups is 1. The second kappa shape index (κ2) is 8.14. The van der Waals surface area contributed by atoms with Crippen molar-refractivity contribution in [1.82, 2.24) is 9.80 Å². The number of hydrogen-bond acceptors (Lipinski definition) is 5. The summed E-state index contributed by atoms with van der Waals surface area (Å²) in [5.74, 6) is 0.781. The maximum atomic E-state index is 9.40. The van der Waals surface area contributed by atoms with Crippen molar-refractivity contribution in [3.05, 3.63) is 29.3 Å². The standard InChI is InChI=1S/C17H25N3O2/c1-3-16(13-21)20-8-6-19(7-9-20)12-15-5-4-14(11-18)10-17(15)22-2/h4-5,10,16,21H,3,6-9,12-13H2,1-2H3. The van der Waals surface area contributed by atoms with Crippen LogP contribution in [0, 0.1) is 11.3 Å². The molecule has 1 aromatic rings. The van der Waals surface area contributed by atoms with Crippen LogP contribution < -0.4 is 4.74 Å². The first-order valence-corrected chi connectivity index (χ1v) is 7.86. The Balaban J connectivity index is 1.95. The molecular weight excluding hydrogens is 278 g/mol. The Bertz CT molecular complexity index is 515. The van der Waals surface area contributed by atoms with E-state index in [0.717, 1.165) is 50.5 Å². The molecule has 0 aromatic heterocycles. The smallest absolute Gasteiger partial charge is 0.124 e. The predicted octanol–water partition coefficient (Wildman–Crippen LogP) is 1.46. The lowest BCUT2D eigenvalue weighted by molar-refractivity contribution is 0.0605. The summed E-state index contributed by atoms with van der Waals surface area (Å²) in [6.45, 7) is 7.13. The van der Waals surface area contributed by atoms with E-state index in [4.69, 9.17) is 10.00 Å². The van der Waals surface area contributed by atoms with Crippen molar-refractivity contribution in [2.24, 2.45) is 0 Å². The minimum atomic E-state index is 0.236. The number of nitrogens with zero attached hydrogens (tertiary/aromatic N) is 3. The normalized spacial score (nSPS) is 17.9. The highest BCUT2D eigenvalue weighted by Gasteiger charge is 2.22. The molecule has 0 aliphatic carbocycles. The van der Waals surface area contributed by atoms with Gasteiger partial charge in [0, 0.05) is 44.3 Å². The highest BCUT2D eigenvalue weighted by molar-refractivity contribution is 5.42. The van der Waals surface area contributed by atoms with Gasteiger partial charge in [0.15, 0.2) is 0 Å². The Morgan fingerprint density at radius 1 is 1.32 bits per heavy atom. The van der Waals surface area contributed by atoms with Gasteiger partial charge in [-0.15, -0.1) is 0 Å². The van der Waals surface area contributed by atoms with Crippen LogP contribution in [0.4, 0.5) is 0 Å². The van der Waals surface area contributed by atoms with Crippen molar-refractivity contribution in [2.75, 3.05) is 39.9 Å². The van der Waals surface area contributed by atoms with Gasteiger partial charge < -0.3 is 9.84 Å². The van der Waals surface area contributed by atoms with Crippen LogP contribution >= 0.6 is 0 Å². The molecule has 5 heteroatoms. The van der Waals surface area contributed by atoms with Crippen LogP contribution in [0.3, 0.4) is 0 Å². The number of ether oxygens (including phenoxy) is 1. The summed E-state index contributed by atoms with van der Waals surface area (Å²) in [5, 5.41) is 18.4. The first kappa shape index (κ1) is 16.8. The van der Waals surface area contributed by atoms with Crippen LogP contribution in [0.5, 0.6) is 5.75 Å². The molecule has 0 spiro atoms. The van der Waals surface area contributed by atoms with E-state index in [-0.39, 0.29) is 12.6 Å². The zero-order valence-corrected chi connectivity index (χ0v) is 13.5. The Labute approximate surface area is 132 Å². The largest absolute Gasteiger partial charge is 0.496 e. The molecule has 0 radical (unpaired) electrons. The summed E-state index contributed by atoms with van der Waals surface area (Å²) in [5.41, 5.74) is 1.74. The highest BCUT2D eigenvalue weighted by atomic mass is 16.5. The number of aliphatic hydroxyl groups excluding tert-OH is 1. The van der Waals surface area contributed by atoms with Gasteiger partial charge in [-0.25, -0.2) is 0 Å². The third-order valence-corrected chi connectivity index (χ3v) is 4.42. The highest BCUT2D eigenvalue weighted by Crippen LogP contribution is 2.22. The fourth-order valence-electron chi connectivity index (χ4n) is 2.98. The number of benzene rings is 1. The summed E-state index contributed by atoms with van der Waals surface area (Å²) >= 11 is 0. The molecule has 1 atom stereocenters. The number of rotatable bonds is 6. The zero-order chi connectivity index (χ0) is 15.9. The third kappa shape index (κ3) is 3.98. The van der Waals surface area contributed by atoms with Crippen molar-refractivity contribution < 1.29 is 9.84 Å². The molecule has 0 saturated carbocycles. The van der Waals surface area contributed by atoms with Gasteiger partial charge in [0.25, 0.3) is 0 Å². The van der Waals surface area contributed by atoms with Gasteiger partial charge in [0.05, 0.1) is 25.3 Å². The van der Waals surface area contributed by atoms with Crippen LogP contribution in [-0.4, -0.2) is 60.8 Å². The fraction of sp³-hybridized carbons (Fsp3) is 0.588. The zero-order valence-electron chi connectivity index (χ0n) is 13.5. The average molecular weight is 303 g/mol. The lowest BCUT2D eigenvalue weighted by Crippen LogP contribution is -2.50. The van der Waals surface area contributed by atoms with Gasteiger partial charge >= 0.3 is 0 Å². The van der Waals surface area contributed by atoms with Crippen molar-refractivity contribution >= 4 is 0 Å². The quantitative estimate of drug-likeness (QED) is 0.862. The molecule has 1 saturated heterocycles. The molecule has 1 heterocycles. The van der Waals surface area contributed by atoms with E-state index in [2.05, 4.69) is 22.8 Å². The molecule has 1 aliphatic heterocycles. The molecule has 1 N–H and O–H groups in total. The van der Waals surface area contributed by atoms with Crippen LogP contribution in [0.25, 0.3) is 0 Å². The Morgan fingerprint density at radius 3 is 2.59 bits per heavy atom. The molecule has 2 rings (SSSR count). The molecular formula is C17H25N3O2. The molecule has 5 nitrogen and oxygen atoms in total. The maximum Gasteiger partial charge on any atom is 0.124 e. The van der Waals surface area contributed by atoms with E-state index >= 15 is 0 Å². The van der Waals surface area contributed by atoms with Gasteiger partial charge in [-0.2, -0.15) is 5.26 Å². The average Bonchev–Trinajstić information content (AvgIpc) is 2.57. The maximum absolute atomic E-state index is 9.40. The molecule has 1 unspecified atom stereocenters. The predicted molar refractivity (Wildman–Crippen MR) is 85.7 cm³/mol. The molecule has 1 aliphatic rings. The molecule has 1 fully saturated rings. The minimum Gasteiger partial charge on any atom is -0.496 e. The van der Waals surface area contributed by atoms with Crippen molar-refractivity contribution in [2.45, 2.75) is 25.9 Å².